The Kier molecular flexibility index (Phi) is 3.96. The Labute approximate surface area is 145 Å². The molecule has 0 aliphatic heterocycles. The van der Waals surface area contributed by atoms with Crippen molar-refractivity contribution in [2.24, 2.45) is 5.73 Å². The molecule has 0 aliphatic rings. The molecule has 1 unspecified atom stereocenters. The van der Waals surface area contributed by atoms with Crippen LogP contribution in [0.25, 0.3) is 22.1 Å². The van der Waals surface area contributed by atoms with Gasteiger partial charge in [-0.05, 0) is 35.9 Å². The van der Waals surface area contributed by atoms with Gasteiger partial charge in [0, 0.05) is 28.9 Å². The zero-order valence-corrected chi connectivity index (χ0v) is 13.8. The first-order chi connectivity index (χ1) is 12.3. The molecular formula is C21H18N2O2. The van der Waals surface area contributed by atoms with Gasteiger partial charge in [-0.1, -0.05) is 30.3 Å². The van der Waals surface area contributed by atoms with E-state index in [2.05, 4.69) is 4.98 Å². The molecule has 4 aromatic rings. The van der Waals surface area contributed by atoms with Crippen molar-refractivity contribution in [2.75, 3.05) is 7.11 Å². The number of aromatic nitrogens is 1. The molecule has 0 radical (unpaired) electrons. The largest absolute Gasteiger partial charge is 0.496 e. The van der Waals surface area contributed by atoms with Crippen LogP contribution in [-0.4, -0.2) is 12.1 Å². The summed E-state index contributed by atoms with van der Waals surface area (Å²) in [7, 11) is 1.65. The maximum atomic E-state index is 6.51. The number of nitrogens with two attached hydrogens (primary N) is 1. The Morgan fingerprint density at radius 2 is 1.88 bits per heavy atom. The van der Waals surface area contributed by atoms with E-state index in [1.165, 1.54) is 0 Å². The predicted molar refractivity (Wildman–Crippen MR) is 98.5 cm³/mol. The lowest BCUT2D eigenvalue weighted by Crippen LogP contribution is -2.12. The van der Waals surface area contributed by atoms with Crippen molar-refractivity contribution in [3.63, 3.8) is 0 Å². The van der Waals surface area contributed by atoms with Crippen LogP contribution in [-0.2, 0) is 0 Å². The molecule has 2 aromatic heterocycles. The molecule has 4 rings (SSSR count). The summed E-state index contributed by atoms with van der Waals surface area (Å²) in [6.45, 7) is 0. The van der Waals surface area contributed by atoms with Gasteiger partial charge in [-0.3, -0.25) is 4.98 Å². The number of pyridine rings is 1. The summed E-state index contributed by atoms with van der Waals surface area (Å²) in [4.78, 5) is 4.18. The average Bonchev–Trinajstić information content (AvgIpc) is 3.12. The lowest BCUT2D eigenvalue weighted by Gasteiger charge is -2.15. The molecule has 0 aliphatic carbocycles. The average molecular weight is 330 g/mol. The van der Waals surface area contributed by atoms with Crippen LogP contribution in [0.3, 0.4) is 0 Å². The SMILES string of the molecule is COc1ccc(-c2cccnc2)cc1C(N)c1cc2ccccc2o1. The summed E-state index contributed by atoms with van der Waals surface area (Å²) in [5.41, 5.74) is 10.3. The van der Waals surface area contributed by atoms with Crippen molar-refractivity contribution >= 4 is 11.0 Å². The van der Waals surface area contributed by atoms with E-state index in [9.17, 15) is 0 Å². The number of nitrogens with zero attached hydrogens (tertiary/aromatic N) is 1. The highest BCUT2D eigenvalue weighted by Gasteiger charge is 2.19. The van der Waals surface area contributed by atoms with Crippen molar-refractivity contribution in [3.8, 4) is 16.9 Å². The van der Waals surface area contributed by atoms with Gasteiger partial charge in [0.15, 0.2) is 0 Å². The quantitative estimate of drug-likeness (QED) is 0.596. The Bertz CT molecular complexity index is 976. The molecule has 4 nitrogen and oxygen atoms in total. The van der Waals surface area contributed by atoms with E-state index in [1.54, 1.807) is 13.3 Å². The lowest BCUT2D eigenvalue weighted by atomic mass is 9.98. The van der Waals surface area contributed by atoms with Crippen LogP contribution in [0.1, 0.15) is 17.4 Å². The van der Waals surface area contributed by atoms with Crippen LogP contribution in [0.5, 0.6) is 5.75 Å². The zero-order valence-electron chi connectivity index (χ0n) is 13.8. The predicted octanol–water partition coefficient (Wildman–Crippen LogP) is 4.55. The maximum absolute atomic E-state index is 6.51. The molecule has 0 saturated heterocycles. The highest BCUT2D eigenvalue weighted by Crippen LogP contribution is 2.34. The van der Waals surface area contributed by atoms with E-state index in [0.717, 1.165) is 33.4 Å². The van der Waals surface area contributed by atoms with Gasteiger partial charge in [0.2, 0.25) is 0 Å². The standard InChI is InChI=1S/C21H18N2O2/c1-24-19-9-8-14(16-6-4-10-23-13-16)11-17(19)21(22)20-12-15-5-2-3-7-18(15)25-20/h2-13,21H,22H2,1H3. The van der Waals surface area contributed by atoms with Crippen LogP contribution >= 0.6 is 0 Å². The molecule has 2 N–H and O–H groups in total. The number of hydrogen-bond acceptors (Lipinski definition) is 4. The van der Waals surface area contributed by atoms with Crippen LogP contribution in [0.15, 0.2) is 77.5 Å². The molecule has 0 bridgehead atoms. The summed E-state index contributed by atoms with van der Waals surface area (Å²) >= 11 is 0. The third kappa shape index (κ3) is 2.88. The monoisotopic (exact) mass is 330 g/mol. The van der Waals surface area contributed by atoms with E-state index in [1.807, 2.05) is 66.9 Å². The smallest absolute Gasteiger partial charge is 0.134 e. The Hall–Kier alpha value is -3.11. The molecule has 2 heterocycles. The maximum Gasteiger partial charge on any atom is 0.134 e. The second-order valence-corrected chi connectivity index (χ2v) is 5.86. The van der Waals surface area contributed by atoms with E-state index < -0.39 is 6.04 Å². The van der Waals surface area contributed by atoms with E-state index in [0.29, 0.717) is 5.76 Å². The first kappa shape index (κ1) is 15.4. The topological polar surface area (TPSA) is 61.3 Å². The molecule has 0 fully saturated rings. The Balaban J connectivity index is 1.79. The van der Waals surface area contributed by atoms with Gasteiger partial charge in [0.1, 0.15) is 17.1 Å². The molecule has 4 heteroatoms. The number of ether oxygens (including phenoxy) is 1. The van der Waals surface area contributed by atoms with Crippen LogP contribution < -0.4 is 10.5 Å². The lowest BCUT2D eigenvalue weighted by molar-refractivity contribution is 0.404. The number of benzene rings is 2. The molecule has 124 valence electrons. The van der Waals surface area contributed by atoms with Gasteiger partial charge < -0.3 is 14.9 Å². The van der Waals surface area contributed by atoms with Gasteiger partial charge in [-0.15, -0.1) is 0 Å². The molecular weight excluding hydrogens is 312 g/mol. The minimum Gasteiger partial charge on any atom is -0.496 e. The molecule has 0 spiro atoms. The zero-order chi connectivity index (χ0) is 17.2. The fourth-order valence-electron chi connectivity index (χ4n) is 3.00. The van der Waals surface area contributed by atoms with Crippen molar-refractivity contribution < 1.29 is 9.15 Å². The van der Waals surface area contributed by atoms with Gasteiger partial charge in [0.05, 0.1) is 13.2 Å². The van der Waals surface area contributed by atoms with Crippen molar-refractivity contribution in [2.45, 2.75) is 6.04 Å². The summed E-state index contributed by atoms with van der Waals surface area (Å²) in [6.07, 6.45) is 3.59. The molecule has 1 atom stereocenters. The molecule has 25 heavy (non-hydrogen) atoms. The van der Waals surface area contributed by atoms with Crippen molar-refractivity contribution in [1.29, 1.82) is 0 Å². The summed E-state index contributed by atoms with van der Waals surface area (Å²) in [5.74, 6) is 1.45. The second kappa shape index (κ2) is 6.42. The minimum atomic E-state index is -0.418. The summed E-state index contributed by atoms with van der Waals surface area (Å²) < 4.78 is 11.5. The fourth-order valence-corrected chi connectivity index (χ4v) is 3.00. The minimum absolute atomic E-state index is 0.418. The van der Waals surface area contributed by atoms with Crippen molar-refractivity contribution in [1.82, 2.24) is 4.98 Å². The highest BCUT2D eigenvalue weighted by molar-refractivity contribution is 5.78. The normalized spacial score (nSPS) is 12.2. The van der Waals surface area contributed by atoms with Gasteiger partial charge in [-0.25, -0.2) is 0 Å². The summed E-state index contributed by atoms with van der Waals surface area (Å²) in [6, 6.07) is 19.4. The number of fused-ring (bicyclic) bond motifs is 1. The van der Waals surface area contributed by atoms with E-state index in [-0.39, 0.29) is 0 Å². The third-order valence-corrected chi connectivity index (χ3v) is 4.31. The van der Waals surface area contributed by atoms with Gasteiger partial charge >= 0.3 is 0 Å². The van der Waals surface area contributed by atoms with Gasteiger partial charge in [-0.2, -0.15) is 0 Å². The number of methoxy groups -OCH3 is 1. The molecule has 0 saturated carbocycles. The number of rotatable bonds is 4. The third-order valence-electron chi connectivity index (χ3n) is 4.31. The van der Waals surface area contributed by atoms with Crippen LogP contribution in [0, 0.1) is 0 Å². The summed E-state index contributed by atoms with van der Waals surface area (Å²) in [5, 5.41) is 1.04. The van der Waals surface area contributed by atoms with Gasteiger partial charge in [0.25, 0.3) is 0 Å². The number of hydrogen-bond donors (Lipinski definition) is 1. The second-order valence-electron chi connectivity index (χ2n) is 5.86. The molecule has 0 amide bonds. The van der Waals surface area contributed by atoms with Crippen LogP contribution in [0.4, 0.5) is 0 Å². The first-order valence-electron chi connectivity index (χ1n) is 8.08. The van der Waals surface area contributed by atoms with Crippen LogP contribution in [0.2, 0.25) is 0 Å². The first-order valence-corrected chi connectivity index (χ1v) is 8.08. The van der Waals surface area contributed by atoms with E-state index >= 15 is 0 Å². The number of para-hydroxylation sites is 1. The molecule has 2 aromatic carbocycles. The highest BCUT2D eigenvalue weighted by atomic mass is 16.5. The Morgan fingerprint density at radius 1 is 1.00 bits per heavy atom. The fraction of sp³-hybridized carbons (Fsp3) is 0.0952. The van der Waals surface area contributed by atoms with Crippen molar-refractivity contribution in [3.05, 3.63) is 84.4 Å². The number of furan rings is 1. The Morgan fingerprint density at radius 3 is 2.64 bits per heavy atom. The van der Waals surface area contributed by atoms with E-state index in [4.69, 9.17) is 14.9 Å².